The van der Waals surface area contributed by atoms with Gasteiger partial charge in [0.05, 0.1) is 12.2 Å². The average Bonchev–Trinajstić information content (AvgIpc) is 2.95. The van der Waals surface area contributed by atoms with Crippen LogP contribution in [0.2, 0.25) is 0 Å². The Morgan fingerprint density at radius 3 is 2.54 bits per heavy atom. The first-order valence-corrected chi connectivity index (χ1v) is 12.2. The SMILES string of the molecule is CC(C)CCC(O)C[C@H]1CCC2C3CCC4CC(O)CCC4C3C(=O)C[C@@]21C. The molecular formula is C25H42O3. The van der Waals surface area contributed by atoms with Gasteiger partial charge in [0.2, 0.25) is 0 Å². The summed E-state index contributed by atoms with van der Waals surface area (Å²) in [7, 11) is 0. The molecule has 0 aromatic rings. The minimum absolute atomic E-state index is 0.109. The van der Waals surface area contributed by atoms with Crippen molar-refractivity contribution in [1.29, 1.82) is 0 Å². The molecule has 28 heavy (non-hydrogen) atoms. The van der Waals surface area contributed by atoms with Crippen molar-refractivity contribution < 1.29 is 15.0 Å². The highest BCUT2D eigenvalue weighted by Crippen LogP contribution is 2.63. The molecule has 0 heterocycles. The number of carbonyl (C=O) groups is 1. The van der Waals surface area contributed by atoms with E-state index in [9.17, 15) is 15.0 Å². The number of aliphatic hydroxyl groups is 2. The molecule has 160 valence electrons. The monoisotopic (exact) mass is 390 g/mol. The zero-order valence-electron chi connectivity index (χ0n) is 18.3. The fourth-order valence-corrected chi connectivity index (χ4v) is 8.07. The average molecular weight is 391 g/mol. The van der Waals surface area contributed by atoms with Crippen molar-refractivity contribution in [3.63, 3.8) is 0 Å². The third kappa shape index (κ3) is 3.71. The highest BCUT2D eigenvalue weighted by molar-refractivity contribution is 5.83. The third-order valence-electron chi connectivity index (χ3n) is 9.49. The molecule has 7 unspecified atom stereocenters. The van der Waals surface area contributed by atoms with Gasteiger partial charge in [-0.25, -0.2) is 0 Å². The van der Waals surface area contributed by atoms with Crippen molar-refractivity contribution in [3.8, 4) is 0 Å². The Bertz CT molecular complexity index is 572. The first-order valence-electron chi connectivity index (χ1n) is 12.2. The van der Waals surface area contributed by atoms with E-state index in [0.29, 0.717) is 41.3 Å². The quantitative estimate of drug-likeness (QED) is 0.696. The molecule has 9 atom stereocenters. The van der Waals surface area contributed by atoms with Crippen LogP contribution >= 0.6 is 0 Å². The molecular weight excluding hydrogens is 348 g/mol. The van der Waals surface area contributed by atoms with E-state index >= 15 is 0 Å². The van der Waals surface area contributed by atoms with Gasteiger partial charge in [0.25, 0.3) is 0 Å². The van der Waals surface area contributed by atoms with Gasteiger partial charge >= 0.3 is 0 Å². The lowest BCUT2D eigenvalue weighted by Gasteiger charge is -2.55. The highest BCUT2D eigenvalue weighted by atomic mass is 16.3. The molecule has 3 heteroatoms. The Labute approximate surface area is 171 Å². The first-order chi connectivity index (χ1) is 13.3. The van der Waals surface area contributed by atoms with Crippen LogP contribution in [0.4, 0.5) is 0 Å². The Morgan fingerprint density at radius 2 is 1.79 bits per heavy atom. The van der Waals surface area contributed by atoms with Crippen LogP contribution in [0, 0.1) is 46.8 Å². The zero-order valence-corrected chi connectivity index (χ0v) is 18.3. The molecule has 0 aromatic heterocycles. The van der Waals surface area contributed by atoms with Gasteiger partial charge in [-0.05, 0) is 105 Å². The summed E-state index contributed by atoms with van der Waals surface area (Å²) in [6.07, 6.45) is 11.0. The smallest absolute Gasteiger partial charge is 0.137 e. The van der Waals surface area contributed by atoms with Crippen LogP contribution in [-0.4, -0.2) is 28.2 Å². The van der Waals surface area contributed by atoms with Gasteiger partial charge in [-0.2, -0.15) is 0 Å². The Kier molecular flexibility index (Phi) is 5.97. The molecule has 2 N–H and O–H groups in total. The lowest BCUT2D eigenvalue weighted by atomic mass is 9.49. The molecule has 0 amide bonds. The molecule has 0 radical (unpaired) electrons. The van der Waals surface area contributed by atoms with Crippen LogP contribution in [0.5, 0.6) is 0 Å². The molecule has 3 nitrogen and oxygen atoms in total. The second-order valence-electron chi connectivity index (χ2n) is 11.5. The summed E-state index contributed by atoms with van der Waals surface area (Å²) in [4.78, 5) is 13.4. The van der Waals surface area contributed by atoms with Crippen molar-refractivity contribution in [2.75, 3.05) is 0 Å². The molecule has 0 aromatic carbocycles. The minimum Gasteiger partial charge on any atom is -0.393 e. The topological polar surface area (TPSA) is 57.5 Å². The molecule has 4 aliphatic carbocycles. The second-order valence-corrected chi connectivity index (χ2v) is 11.5. The number of carbonyl (C=O) groups excluding carboxylic acids is 1. The van der Waals surface area contributed by atoms with E-state index in [-0.39, 0.29) is 23.5 Å². The van der Waals surface area contributed by atoms with Crippen LogP contribution in [0.25, 0.3) is 0 Å². The van der Waals surface area contributed by atoms with Crippen molar-refractivity contribution in [2.45, 2.75) is 104 Å². The van der Waals surface area contributed by atoms with Crippen molar-refractivity contribution in [1.82, 2.24) is 0 Å². The maximum absolute atomic E-state index is 13.4. The molecule has 0 saturated heterocycles. The zero-order chi connectivity index (χ0) is 20.1. The number of Topliss-reactive ketones (excluding diaryl/α,β-unsaturated/α-hetero) is 1. The summed E-state index contributed by atoms with van der Waals surface area (Å²) in [5, 5.41) is 20.7. The molecule has 4 aliphatic rings. The second kappa shape index (κ2) is 8.02. The van der Waals surface area contributed by atoms with Crippen LogP contribution in [-0.2, 0) is 4.79 Å². The maximum Gasteiger partial charge on any atom is 0.137 e. The number of hydrogen-bond donors (Lipinski definition) is 2. The van der Waals surface area contributed by atoms with Crippen molar-refractivity contribution in [3.05, 3.63) is 0 Å². The van der Waals surface area contributed by atoms with Gasteiger partial charge in [-0.3, -0.25) is 4.79 Å². The Morgan fingerprint density at radius 1 is 1.04 bits per heavy atom. The fourth-order valence-electron chi connectivity index (χ4n) is 8.07. The third-order valence-corrected chi connectivity index (χ3v) is 9.49. The number of ketones is 1. The van der Waals surface area contributed by atoms with E-state index in [2.05, 4.69) is 20.8 Å². The molecule has 4 saturated carbocycles. The number of rotatable bonds is 5. The summed E-state index contributed by atoms with van der Waals surface area (Å²) in [6, 6.07) is 0. The Balaban J connectivity index is 1.46. The molecule has 4 rings (SSSR count). The van der Waals surface area contributed by atoms with Gasteiger partial charge in [-0.1, -0.05) is 20.8 Å². The summed E-state index contributed by atoms with van der Waals surface area (Å²) < 4.78 is 0. The largest absolute Gasteiger partial charge is 0.393 e. The summed E-state index contributed by atoms with van der Waals surface area (Å²) in [6.45, 7) is 6.83. The predicted molar refractivity (Wildman–Crippen MR) is 112 cm³/mol. The lowest BCUT2D eigenvalue weighted by molar-refractivity contribution is -0.148. The van der Waals surface area contributed by atoms with Crippen LogP contribution in [0.1, 0.15) is 91.4 Å². The van der Waals surface area contributed by atoms with Crippen LogP contribution in [0.15, 0.2) is 0 Å². The summed E-state index contributed by atoms with van der Waals surface area (Å²) in [5.74, 6) is 4.31. The van der Waals surface area contributed by atoms with Crippen molar-refractivity contribution in [2.24, 2.45) is 46.8 Å². The molecule has 0 bridgehead atoms. The van der Waals surface area contributed by atoms with Gasteiger partial charge in [-0.15, -0.1) is 0 Å². The fraction of sp³-hybridized carbons (Fsp3) is 0.960. The van der Waals surface area contributed by atoms with Crippen LogP contribution in [0.3, 0.4) is 0 Å². The molecule has 4 fully saturated rings. The van der Waals surface area contributed by atoms with E-state index in [4.69, 9.17) is 0 Å². The van der Waals surface area contributed by atoms with Gasteiger partial charge < -0.3 is 10.2 Å². The highest BCUT2D eigenvalue weighted by Gasteiger charge is 2.59. The van der Waals surface area contributed by atoms with Crippen molar-refractivity contribution >= 4 is 5.78 Å². The van der Waals surface area contributed by atoms with E-state index in [1.165, 1.54) is 25.7 Å². The minimum atomic E-state index is -0.202. The summed E-state index contributed by atoms with van der Waals surface area (Å²) in [5.41, 5.74) is 0.109. The number of hydrogen-bond acceptors (Lipinski definition) is 3. The van der Waals surface area contributed by atoms with E-state index in [1.54, 1.807) is 0 Å². The normalized spacial score (nSPS) is 46.8. The van der Waals surface area contributed by atoms with Gasteiger partial charge in [0, 0.05) is 12.3 Å². The first kappa shape index (κ1) is 20.8. The van der Waals surface area contributed by atoms with Crippen LogP contribution < -0.4 is 0 Å². The Hall–Kier alpha value is -0.410. The van der Waals surface area contributed by atoms with Gasteiger partial charge in [0.1, 0.15) is 5.78 Å². The van der Waals surface area contributed by atoms with E-state index in [0.717, 1.165) is 44.9 Å². The molecule has 0 aliphatic heterocycles. The lowest BCUT2D eigenvalue weighted by Crippen LogP contribution is -2.53. The maximum atomic E-state index is 13.4. The predicted octanol–water partition coefficient (Wildman–Crippen LogP) is 4.98. The van der Waals surface area contributed by atoms with E-state index < -0.39 is 0 Å². The van der Waals surface area contributed by atoms with E-state index in [1.807, 2.05) is 0 Å². The summed E-state index contributed by atoms with van der Waals surface area (Å²) >= 11 is 0. The molecule has 0 spiro atoms. The van der Waals surface area contributed by atoms with Gasteiger partial charge in [0.15, 0.2) is 0 Å². The standard InChI is InChI=1S/C25H42O3/c1-15(2)4-7-19(27)13-17-6-11-22-21-9-5-16-12-18(26)8-10-20(16)24(21)23(28)14-25(17,22)3/h15-22,24,26-27H,4-14H2,1-3H3/t16?,17-,18?,19?,20?,21?,22?,24?,25-/m1/s1. The number of fused-ring (bicyclic) bond motifs is 5. The number of aliphatic hydroxyl groups excluding tert-OH is 2.